The van der Waals surface area contributed by atoms with Crippen molar-refractivity contribution in [2.75, 3.05) is 7.11 Å². The Kier molecular flexibility index (Phi) is 7.03. The molecule has 0 aliphatic heterocycles. The minimum absolute atomic E-state index is 0.0517. The zero-order valence-electron chi connectivity index (χ0n) is 16.7. The Morgan fingerprint density at radius 1 is 1.27 bits per heavy atom. The lowest BCUT2D eigenvalue weighted by atomic mass is 10.1. The van der Waals surface area contributed by atoms with E-state index in [2.05, 4.69) is 20.5 Å². The molecule has 3 rings (SSSR count). The van der Waals surface area contributed by atoms with Crippen molar-refractivity contribution >= 4 is 40.3 Å². The normalized spacial score (nSPS) is 14.4. The molecule has 160 valence electrons. The van der Waals surface area contributed by atoms with Crippen LogP contribution in [-0.4, -0.2) is 28.3 Å². The number of hydrogen-bond donors (Lipinski definition) is 2. The van der Waals surface area contributed by atoms with Crippen LogP contribution in [0.25, 0.3) is 10.9 Å². The number of carbonyl (C=O) groups is 1. The average Bonchev–Trinajstić information content (AvgIpc) is 2.97. The van der Waals surface area contributed by atoms with Crippen LogP contribution in [0.5, 0.6) is 5.75 Å². The van der Waals surface area contributed by atoms with Gasteiger partial charge in [0.2, 0.25) is 5.91 Å². The van der Waals surface area contributed by atoms with Gasteiger partial charge >= 0.3 is 7.60 Å². The molecule has 1 heterocycles. The summed E-state index contributed by atoms with van der Waals surface area (Å²) in [4.78, 5) is 21.7. The molecule has 7 nitrogen and oxygen atoms in total. The van der Waals surface area contributed by atoms with Gasteiger partial charge in [-0.2, -0.15) is 0 Å². The van der Waals surface area contributed by atoms with Crippen molar-refractivity contribution in [3.63, 3.8) is 0 Å². The van der Waals surface area contributed by atoms with Crippen molar-refractivity contribution < 1.29 is 23.5 Å². The molecule has 2 aromatic carbocycles. The Hall–Kier alpha value is -2.12. The summed E-state index contributed by atoms with van der Waals surface area (Å²) in [7, 11) is -2.72. The molecule has 0 radical (unpaired) electrons. The summed E-state index contributed by atoms with van der Waals surface area (Å²) in [6.07, 6.45) is 0.350. The Bertz CT molecular complexity index is 1100. The van der Waals surface area contributed by atoms with E-state index in [-0.39, 0.29) is 6.42 Å². The molecule has 2 unspecified atom stereocenters. The highest BCUT2D eigenvalue weighted by Gasteiger charge is 2.32. The van der Waals surface area contributed by atoms with Crippen LogP contribution in [0, 0.1) is 0 Å². The molecule has 0 aliphatic rings. The maximum absolute atomic E-state index is 12.2. The number of nitrogens with zero attached hydrogens (tertiary/aromatic N) is 1. The highest BCUT2D eigenvalue weighted by Crippen LogP contribution is 2.48. The Morgan fingerprint density at radius 3 is 2.57 bits per heavy atom. The van der Waals surface area contributed by atoms with Crippen LogP contribution >= 0.6 is 23.5 Å². The van der Waals surface area contributed by atoms with E-state index in [0.717, 1.165) is 26.6 Å². The number of fused-ring (bicyclic) bond motifs is 1. The lowest BCUT2D eigenvalue weighted by Crippen LogP contribution is -2.16. The number of rotatable bonds is 9. The highest BCUT2D eigenvalue weighted by molar-refractivity contribution is 9.10. The lowest BCUT2D eigenvalue weighted by molar-refractivity contribution is -0.117. The van der Waals surface area contributed by atoms with E-state index in [9.17, 15) is 14.3 Å². The molecule has 3 aromatic rings. The van der Waals surface area contributed by atoms with Crippen LogP contribution in [0.4, 0.5) is 0 Å². The maximum Gasteiger partial charge on any atom is 0.367 e. The molecule has 3 N–H and O–H groups in total. The second kappa shape index (κ2) is 9.35. The predicted molar refractivity (Wildman–Crippen MR) is 120 cm³/mol. The van der Waals surface area contributed by atoms with Crippen molar-refractivity contribution in [1.82, 2.24) is 4.57 Å². The summed E-state index contributed by atoms with van der Waals surface area (Å²) < 4.78 is 25.5. The zero-order valence-corrected chi connectivity index (χ0v) is 19.2. The van der Waals surface area contributed by atoms with Gasteiger partial charge in [0.25, 0.3) is 0 Å². The molecule has 0 bridgehead atoms. The highest BCUT2D eigenvalue weighted by atomic mass is 79.9. The monoisotopic (exact) mass is 494 g/mol. The van der Waals surface area contributed by atoms with Crippen LogP contribution in [-0.2, 0) is 26.8 Å². The van der Waals surface area contributed by atoms with E-state index in [1.54, 1.807) is 19.1 Å². The number of carbonyl (C=O) groups excluding carboxylic acids is 1. The van der Waals surface area contributed by atoms with Crippen LogP contribution in [0.1, 0.15) is 24.5 Å². The first-order valence-corrected chi connectivity index (χ1v) is 11.9. The Balaban J connectivity index is 2.07. The van der Waals surface area contributed by atoms with E-state index in [1.807, 2.05) is 36.4 Å². The number of benzene rings is 2. The Labute approximate surface area is 183 Å². The van der Waals surface area contributed by atoms with Crippen LogP contribution in [0.15, 0.2) is 53.1 Å². The molecule has 1 amide bonds. The molecule has 30 heavy (non-hydrogen) atoms. The minimum atomic E-state index is -3.90. The van der Waals surface area contributed by atoms with Gasteiger partial charge in [-0.15, -0.1) is 0 Å². The first-order valence-electron chi connectivity index (χ1n) is 9.44. The van der Waals surface area contributed by atoms with Gasteiger partial charge in [0.05, 0.1) is 11.0 Å². The molecule has 0 saturated carbocycles. The van der Waals surface area contributed by atoms with Crippen molar-refractivity contribution in [3.05, 3.63) is 64.3 Å². The van der Waals surface area contributed by atoms with Crippen molar-refractivity contribution in [2.45, 2.75) is 32.2 Å². The molecule has 0 spiro atoms. The van der Waals surface area contributed by atoms with E-state index >= 15 is 0 Å². The number of primary amides is 1. The fourth-order valence-corrected chi connectivity index (χ4v) is 4.99. The fraction of sp³-hybridized carbons (Fsp3) is 0.286. The largest absolute Gasteiger partial charge is 0.478 e. The summed E-state index contributed by atoms with van der Waals surface area (Å²) in [6, 6.07) is 15.3. The van der Waals surface area contributed by atoms with Crippen LogP contribution in [0.3, 0.4) is 0 Å². The number of nitrogens with two attached hydrogens (primary N) is 1. The van der Waals surface area contributed by atoms with E-state index < -0.39 is 19.3 Å². The fourth-order valence-electron chi connectivity index (χ4n) is 3.36. The third-order valence-corrected chi connectivity index (χ3v) is 7.48. The molecule has 0 saturated heterocycles. The predicted octanol–water partition coefficient (Wildman–Crippen LogP) is 4.43. The Morgan fingerprint density at radius 2 is 1.97 bits per heavy atom. The molecule has 1 aromatic heterocycles. The first-order chi connectivity index (χ1) is 14.3. The van der Waals surface area contributed by atoms with E-state index in [0.29, 0.717) is 18.7 Å². The first kappa shape index (κ1) is 22.6. The molecule has 9 heteroatoms. The second-order valence-corrected chi connectivity index (χ2v) is 9.71. The second-order valence-electron chi connectivity index (χ2n) is 6.89. The van der Waals surface area contributed by atoms with Gasteiger partial charge in [-0.25, -0.2) is 0 Å². The number of hydrogen-bond acceptors (Lipinski definition) is 4. The van der Waals surface area contributed by atoms with Gasteiger partial charge in [0.1, 0.15) is 5.75 Å². The maximum atomic E-state index is 12.2. The quantitative estimate of drug-likeness (QED) is 0.428. The number of ether oxygens (including phenoxy) is 1. The summed E-state index contributed by atoms with van der Waals surface area (Å²) in [6.45, 7) is 2.35. The molecular formula is C21H24BrN2O5P. The standard InChI is InChI=1S/C21H24BrN2O5P/c1-3-20(30(26,27)28-2)29-15-9-10-18-16(11-15)17(12-19(23)25)21(22)24(18)13-14-7-5-4-6-8-14/h4-11,20H,3,12-13H2,1-2H3,(H2,23,25)(H,26,27). The van der Waals surface area contributed by atoms with Crippen LogP contribution in [0.2, 0.25) is 0 Å². The third kappa shape index (κ3) is 4.78. The number of halogens is 1. The van der Waals surface area contributed by atoms with E-state index in [4.69, 9.17) is 15.0 Å². The third-order valence-electron chi connectivity index (χ3n) is 4.85. The number of aromatic nitrogens is 1. The SMILES string of the molecule is CCC(Oc1ccc2c(c1)c(CC(N)=O)c(Br)n2Cc1ccccc1)P(=O)(O)OC. The van der Waals surface area contributed by atoms with Gasteiger partial charge in [0.15, 0.2) is 5.85 Å². The molecule has 0 aliphatic carbocycles. The van der Waals surface area contributed by atoms with Gasteiger partial charge in [-0.3, -0.25) is 9.36 Å². The van der Waals surface area contributed by atoms with Crippen LogP contribution < -0.4 is 10.5 Å². The molecular weight excluding hydrogens is 471 g/mol. The minimum Gasteiger partial charge on any atom is -0.478 e. The lowest BCUT2D eigenvalue weighted by Gasteiger charge is -2.21. The molecule has 0 fully saturated rings. The summed E-state index contributed by atoms with van der Waals surface area (Å²) in [5, 5.41) is 0.786. The summed E-state index contributed by atoms with van der Waals surface area (Å²) in [5.41, 5.74) is 8.21. The summed E-state index contributed by atoms with van der Waals surface area (Å²) >= 11 is 3.62. The van der Waals surface area contributed by atoms with Gasteiger partial charge < -0.3 is 24.5 Å². The van der Waals surface area contributed by atoms with E-state index in [1.165, 1.54) is 7.11 Å². The smallest absolute Gasteiger partial charge is 0.367 e. The summed E-state index contributed by atoms with van der Waals surface area (Å²) in [5.74, 6) is -1.03. The van der Waals surface area contributed by atoms with Gasteiger partial charge in [-0.1, -0.05) is 37.3 Å². The van der Waals surface area contributed by atoms with Crippen molar-refractivity contribution in [3.8, 4) is 5.75 Å². The average molecular weight is 495 g/mol. The van der Waals surface area contributed by atoms with Crippen molar-refractivity contribution in [2.24, 2.45) is 5.73 Å². The molecule has 2 atom stereocenters. The number of amides is 1. The van der Waals surface area contributed by atoms with Gasteiger partial charge in [-0.05, 0) is 46.1 Å². The van der Waals surface area contributed by atoms with Crippen molar-refractivity contribution in [1.29, 1.82) is 0 Å². The van der Waals surface area contributed by atoms with Gasteiger partial charge in [0, 0.05) is 30.1 Å². The topological polar surface area (TPSA) is 104 Å². The zero-order chi connectivity index (χ0) is 21.9.